The van der Waals surface area contributed by atoms with E-state index < -0.39 is 0 Å². The van der Waals surface area contributed by atoms with Crippen LogP contribution in [0.4, 0.5) is 0 Å². The van der Waals surface area contributed by atoms with Crippen LogP contribution in [0.3, 0.4) is 0 Å². The lowest BCUT2D eigenvalue weighted by atomic mass is 10.1. The Balaban J connectivity index is 2.39. The first-order chi connectivity index (χ1) is 6.59. The van der Waals surface area contributed by atoms with Gasteiger partial charge in [-0.05, 0) is 19.4 Å². The first kappa shape index (κ1) is 10.9. The molecule has 1 amide bonds. The molecule has 0 saturated heterocycles. The average molecular weight is 211 g/mol. The molecule has 0 aromatic carbocycles. The maximum atomic E-state index is 11.5. The fourth-order valence-corrected chi connectivity index (χ4v) is 1.86. The summed E-state index contributed by atoms with van der Waals surface area (Å²) in [6.45, 7) is 1.96. The third-order valence-electron chi connectivity index (χ3n) is 1.88. The van der Waals surface area contributed by atoms with Crippen LogP contribution in [0.2, 0.25) is 0 Å². The number of amides is 1. The highest BCUT2D eigenvalue weighted by molar-refractivity contribution is 7.10. The predicted octanol–water partition coefficient (Wildman–Crippen LogP) is 1.89. The molecule has 3 nitrogen and oxygen atoms in total. The number of nitrogens with two attached hydrogens (primary N) is 1. The Kier molecular flexibility index (Phi) is 3.83. The van der Waals surface area contributed by atoms with E-state index in [0.717, 1.165) is 10.4 Å². The van der Waals surface area contributed by atoms with E-state index in [1.54, 1.807) is 11.3 Å². The molecule has 1 rings (SSSR count). The normalized spacial score (nSPS) is 10.1. The summed E-state index contributed by atoms with van der Waals surface area (Å²) in [6, 6.07) is 1.87. The molecule has 0 bridgehead atoms. The van der Waals surface area contributed by atoms with Crippen molar-refractivity contribution in [2.24, 2.45) is 5.73 Å². The average Bonchev–Trinajstić information content (AvgIpc) is 2.51. The third kappa shape index (κ3) is 3.30. The Morgan fingerprint density at radius 3 is 2.64 bits per heavy atom. The highest BCUT2D eigenvalue weighted by atomic mass is 32.1. The molecule has 76 valence electrons. The monoisotopic (exact) mass is 211 g/mol. The van der Waals surface area contributed by atoms with Crippen LogP contribution in [0.15, 0.2) is 11.4 Å². The van der Waals surface area contributed by atoms with Crippen LogP contribution >= 0.6 is 11.3 Å². The molecule has 4 heteroatoms. The van der Waals surface area contributed by atoms with E-state index in [-0.39, 0.29) is 18.1 Å². The van der Waals surface area contributed by atoms with Crippen molar-refractivity contribution in [3.05, 3.63) is 21.9 Å². The molecule has 0 aliphatic heterocycles. The highest BCUT2D eigenvalue weighted by Crippen LogP contribution is 2.15. The van der Waals surface area contributed by atoms with Gasteiger partial charge in [-0.3, -0.25) is 9.59 Å². The second-order valence-electron chi connectivity index (χ2n) is 3.19. The van der Waals surface area contributed by atoms with Gasteiger partial charge in [0.15, 0.2) is 5.78 Å². The zero-order valence-electron chi connectivity index (χ0n) is 8.08. The first-order valence-electron chi connectivity index (χ1n) is 4.46. The number of primary amides is 1. The Morgan fingerprint density at radius 2 is 2.14 bits per heavy atom. The summed E-state index contributed by atoms with van der Waals surface area (Å²) in [6.07, 6.45) is 1.23. The molecule has 1 heterocycles. The van der Waals surface area contributed by atoms with Crippen LogP contribution in [0.1, 0.15) is 34.5 Å². The van der Waals surface area contributed by atoms with Crippen molar-refractivity contribution in [3.8, 4) is 0 Å². The van der Waals surface area contributed by atoms with Gasteiger partial charge in [0.2, 0.25) is 5.91 Å². The Labute approximate surface area is 86.9 Å². The number of Topliss-reactive ketones (excluding diaryl/α,β-unsaturated/α-hetero) is 1. The molecule has 14 heavy (non-hydrogen) atoms. The Morgan fingerprint density at radius 1 is 1.43 bits per heavy atom. The summed E-state index contributed by atoms with van der Waals surface area (Å²) < 4.78 is 0. The summed E-state index contributed by atoms with van der Waals surface area (Å²) in [4.78, 5) is 23.1. The van der Waals surface area contributed by atoms with Crippen LogP contribution < -0.4 is 5.73 Å². The van der Waals surface area contributed by atoms with E-state index in [1.165, 1.54) is 0 Å². The van der Waals surface area contributed by atoms with Crippen LogP contribution in [-0.2, 0) is 4.79 Å². The maximum absolute atomic E-state index is 11.5. The number of carbonyl (C=O) groups is 2. The number of rotatable bonds is 5. The van der Waals surface area contributed by atoms with E-state index in [0.29, 0.717) is 12.8 Å². The second kappa shape index (κ2) is 4.91. The number of hydrogen-bond acceptors (Lipinski definition) is 3. The van der Waals surface area contributed by atoms with Gasteiger partial charge in [-0.2, -0.15) is 0 Å². The summed E-state index contributed by atoms with van der Waals surface area (Å²) in [5.41, 5.74) is 5.72. The van der Waals surface area contributed by atoms with Gasteiger partial charge >= 0.3 is 0 Å². The van der Waals surface area contributed by atoms with Gasteiger partial charge in [-0.1, -0.05) is 0 Å². The molecule has 0 radical (unpaired) electrons. The Bertz CT molecular complexity index is 344. The standard InChI is InChI=1S/C10H13NO2S/c1-7-5-8(6-14-7)9(12)3-2-4-10(11)13/h5-6H,2-4H2,1H3,(H2,11,13). The van der Waals surface area contributed by atoms with Gasteiger partial charge in [0.05, 0.1) is 0 Å². The Hall–Kier alpha value is -1.16. The van der Waals surface area contributed by atoms with Crippen molar-refractivity contribution in [1.82, 2.24) is 0 Å². The minimum absolute atomic E-state index is 0.0931. The van der Waals surface area contributed by atoms with Crippen LogP contribution in [0.25, 0.3) is 0 Å². The number of carbonyl (C=O) groups excluding carboxylic acids is 2. The second-order valence-corrected chi connectivity index (χ2v) is 4.30. The molecular formula is C10H13NO2S. The van der Waals surface area contributed by atoms with Crippen molar-refractivity contribution in [2.75, 3.05) is 0 Å². The van der Waals surface area contributed by atoms with Gasteiger partial charge in [-0.15, -0.1) is 11.3 Å². The maximum Gasteiger partial charge on any atom is 0.217 e. The van der Waals surface area contributed by atoms with Gasteiger partial charge in [0.25, 0.3) is 0 Å². The lowest BCUT2D eigenvalue weighted by molar-refractivity contribution is -0.118. The number of aryl methyl sites for hydroxylation is 1. The lowest BCUT2D eigenvalue weighted by Gasteiger charge is -1.95. The topological polar surface area (TPSA) is 60.2 Å². The smallest absolute Gasteiger partial charge is 0.217 e. The molecule has 2 N–H and O–H groups in total. The fourth-order valence-electron chi connectivity index (χ4n) is 1.16. The van der Waals surface area contributed by atoms with Gasteiger partial charge < -0.3 is 5.73 Å². The van der Waals surface area contributed by atoms with E-state index in [1.807, 2.05) is 18.4 Å². The van der Waals surface area contributed by atoms with Crippen molar-refractivity contribution in [2.45, 2.75) is 26.2 Å². The predicted molar refractivity (Wildman–Crippen MR) is 56.4 cm³/mol. The van der Waals surface area contributed by atoms with Crippen LogP contribution in [0, 0.1) is 6.92 Å². The van der Waals surface area contributed by atoms with Crippen molar-refractivity contribution in [1.29, 1.82) is 0 Å². The molecule has 1 aromatic heterocycles. The van der Waals surface area contributed by atoms with Crippen LogP contribution in [0.5, 0.6) is 0 Å². The quantitative estimate of drug-likeness (QED) is 0.756. The summed E-state index contributed by atoms with van der Waals surface area (Å²) in [5.74, 6) is -0.255. The molecule has 0 atom stereocenters. The fraction of sp³-hybridized carbons (Fsp3) is 0.400. The van der Waals surface area contributed by atoms with Gasteiger partial charge in [0, 0.05) is 28.7 Å². The molecule has 1 aromatic rings. The van der Waals surface area contributed by atoms with E-state index in [9.17, 15) is 9.59 Å². The summed E-state index contributed by atoms with van der Waals surface area (Å²) in [5, 5.41) is 1.85. The number of hydrogen-bond donors (Lipinski definition) is 1. The molecule has 0 aliphatic rings. The zero-order chi connectivity index (χ0) is 10.6. The minimum atomic E-state index is -0.348. The molecule has 0 unspecified atom stereocenters. The van der Waals surface area contributed by atoms with Crippen molar-refractivity contribution in [3.63, 3.8) is 0 Å². The summed E-state index contributed by atoms with van der Waals surface area (Å²) in [7, 11) is 0. The molecule has 0 aliphatic carbocycles. The lowest BCUT2D eigenvalue weighted by Crippen LogP contribution is -2.10. The molecule has 0 spiro atoms. The van der Waals surface area contributed by atoms with Gasteiger partial charge in [-0.25, -0.2) is 0 Å². The van der Waals surface area contributed by atoms with Crippen molar-refractivity contribution >= 4 is 23.0 Å². The summed E-state index contributed by atoms with van der Waals surface area (Å²) >= 11 is 1.56. The van der Waals surface area contributed by atoms with E-state index >= 15 is 0 Å². The number of thiophene rings is 1. The largest absolute Gasteiger partial charge is 0.370 e. The van der Waals surface area contributed by atoms with E-state index in [2.05, 4.69) is 0 Å². The highest BCUT2D eigenvalue weighted by Gasteiger charge is 2.07. The first-order valence-corrected chi connectivity index (χ1v) is 5.34. The van der Waals surface area contributed by atoms with E-state index in [4.69, 9.17) is 5.73 Å². The molecule has 0 saturated carbocycles. The zero-order valence-corrected chi connectivity index (χ0v) is 8.89. The SMILES string of the molecule is Cc1cc(C(=O)CCCC(N)=O)cs1. The van der Waals surface area contributed by atoms with Crippen LogP contribution in [-0.4, -0.2) is 11.7 Å². The molecule has 0 fully saturated rings. The third-order valence-corrected chi connectivity index (χ3v) is 2.74. The molecular weight excluding hydrogens is 198 g/mol. The minimum Gasteiger partial charge on any atom is -0.370 e. The number of ketones is 1. The van der Waals surface area contributed by atoms with Crippen molar-refractivity contribution < 1.29 is 9.59 Å². The van der Waals surface area contributed by atoms with Gasteiger partial charge in [0.1, 0.15) is 0 Å².